The Morgan fingerprint density at radius 2 is 1.88 bits per heavy atom. The van der Waals surface area contributed by atoms with Gasteiger partial charge in [-0.25, -0.2) is 0 Å². The number of para-hydroxylation sites is 1. The molecule has 33 heavy (non-hydrogen) atoms. The maximum absolute atomic E-state index is 5.58. The summed E-state index contributed by atoms with van der Waals surface area (Å²) in [6, 6.07) is 15.0. The zero-order chi connectivity index (χ0) is 21.6. The summed E-state index contributed by atoms with van der Waals surface area (Å²) in [4.78, 5) is 4.64. The van der Waals surface area contributed by atoms with E-state index in [0.29, 0.717) is 6.79 Å². The predicted octanol–water partition coefficient (Wildman–Crippen LogP) is 6.10. The number of hydrogen-bond donors (Lipinski definition) is 2. The fourth-order valence-corrected chi connectivity index (χ4v) is 4.99. The second-order valence-electron chi connectivity index (χ2n) is 9.03. The van der Waals surface area contributed by atoms with Crippen LogP contribution in [0.4, 0.5) is 5.69 Å². The van der Waals surface area contributed by atoms with E-state index in [2.05, 4.69) is 45.9 Å². The third kappa shape index (κ3) is 5.90. The molecule has 1 aromatic heterocycles. The van der Waals surface area contributed by atoms with E-state index >= 15 is 0 Å². The van der Waals surface area contributed by atoms with Gasteiger partial charge in [-0.15, -0.1) is 12.4 Å². The molecule has 2 aliphatic rings. The second-order valence-corrected chi connectivity index (χ2v) is 9.03. The van der Waals surface area contributed by atoms with Gasteiger partial charge >= 0.3 is 0 Å². The fraction of sp³-hybridized carbons (Fsp3) is 0.444. The molecule has 6 heteroatoms. The Morgan fingerprint density at radius 3 is 2.79 bits per heavy atom. The van der Waals surface area contributed by atoms with Gasteiger partial charge in [-0.05, 0) is 49.1 Å². The van der Waals surface area contributed by atoms with E-state index < -0.39 is 0 Å². The second kappa shape index (κ2) is 11.6. The molecule has 0 saturated heterocycles. The molecule has 176 valence electrons. The first kappa shape index (κ1) is 23.7. The third-order valence-corrected chi connectivity index (χ3v) is 6.70. The van der Waals surface area contributed by atoms with Crippen molar-refractivity contribution in [3.63, 3.8) is 0 Å². The number of halogens is 1. The number of hydrogen-bond acceptors (Lipinski definition) is 5. The molecule has 2 heterocycles. The van der Waals surface area contributed by atoms with Crippen LogP contribution in [0, 0.1) is 5.92 Å². The van der Waals surface area contributed by atoms with Crippen molar-refractivity contribution in [2.24, 2.45) is 5.92 Å². The summed E-state index contributed by atoms with van der Waals surface area (Å²) in [5, 5.41) is 8.33. The van der Waals surface area contributed by atoms with Gasteiger partial charge in [0.1, 0.15) is 0 Å². The summed E-state index contributed by atoms with van der Waals surface area (Å²) in [7, 11) is 0. The SMILES string of the molecule is Cl.c1cc(CNCCCNc2ccnc3cc(CC4CCCCC4)ccc23)c2c(c1)OCO2. The van der Waals surface area contributed by atoms with Gasteiger partial charge in [0.25, 0.3) is 0 Å². The van der Waals surface area contributed by atoms with Gasteiger partial charge in [0.05, 0.1) is 5.52 Å². The summed E-state index contributed by atoms with van der Waals surface area (Å²) < 4.78 is 11.0. The van der Waals surface area contributed by atoms with Crippen molar-refractivity contribution < 1.29 is 9.47 Å². The highest BCUT2D eigenvalue weighted by Gasteiger charge is 2.17. The molecule has 2 aromatic carbocycles. The summed E-state index contributed by atoms with van der Waals surface area (Å²) in [6.45, 7) is 2.96. The number of aromatic nitrogens is 1. The van der Waals surface area contributed by atoms with Crippen molar-refractivity contribution in [1.29, 1.82) is 0 Å². The van der Waals surface area contributed by atoms with Crippen molar-refractivity contribution >= 4 is 29.0 Å². The maximum Gasteiger partial charge on any atom is 0.231 e. The molecule has 5 nitrogen and oxygen atoms in total. The molecule has 1 aliphatic carbocycles. The highest BCUT2D eigenvalue weighted by molar-refractivity contribution is 5.91. The van der Waals surface area contributed by atoms with Crippen LogP contribution in [0.1, 0.15) is 49.7 Å². The molecular formula is C27H34ClN3O2. The van der Waals surface area contributed by atoms with Crippen molar-refractivity contribution in [2.45, 2.75) is 51.5 Å². The van der Waals surface area contributed by atoms with Crippen molar-refractivity contribution in [1.82, 2.24) is 10.3 Å². The van der Waals surface area contributed by atoms with E-state index in [1.165, 1.54) is 55.2 Å². The highest BCUT2D eigenvalue weighted by Crippen LogP contribution is 2.35. The molecule has 3 aromatic rings. The van der Waals surface area contributed by atoms with Crippen LogP contribution in [0.3, 0.4) is 0 Å². The summed E-state index contributed by atoms with van der Waals surface area (Å²) in [6.07, 6.45) is 11.1. The van der Waals surface area contributed by atoms with Crippen LogP contribution in [-0.2, 0) is 13.0 Å². The maximum atomic E-state index is 5.58. The molecule has 1 fully saturated rings. The van der Waals surface area contributed by atoms with E-state index in [1.807, 2.05) is 18.3 Å². The molecule has 1 saturated carbocycles. The molecule has 0 radical (unpaired) electrons. The lowest BCUT2D eigenvalue weighted by molar-refractivity contribution is 0.173. The first-order valence-electron chi connectivity index (χ1n) is 12.1. The lowest BCUT2D eigenvalue weighted by atomic mass is 9.85. The zero-order valence-electron chi connectivity index (χ0n) is 19.1. The van der Waals surface area contributed by atoms with Gasteiger partial charge in [-0.2, -0.15) is 0 Å². The fourth-order valence-electron chi connectivity index (χ4n) is 4.99. The zero-order valence-corrected chi connectivity index (χ0v) is 20.0. The number of benzene rings is 2. The monoisotopic (exact) mass is 467 g/mol. The molecule has 0 unspecified atom stereocenters. The van der Waals surface area contributed by atoms with Crippen LogP contribution in [-0.4, -0.2) is 24.9 Å². The number of fused-ring (bicyclic) bond motifs is 2. The number of nitrogens with one attached hydrogen (secondary N) is 2. The number of ether oxygens (including phenoxy) is 2. The van der Waals surface area contributed by atoms with Gasteiger partial charge in [-0.1, -0.05) is 56.4 Å². The summed E-state index contributed by atoms with van der Waals surface area (Å²) in [5.41, 5.74) is 4.85. The first-order valence-corrected chi connectivity index (χ1v) is 12.1. The number of pyridine rings is 1. The summed E-state index contributed by atoms with van der Waals surface area (Å²) in [5.74, 6) is 2.58. The average molecular weight is 468 g/mol. The van der Waals surface area contributed by atoms with Gasteiger partial charge in [0, 0.05) is 35.9 Å². The molecule has 0 atom stereocenters. The lowest BCUT2D eigenvalue weighted by Gasteiger charge is -2.21. The van der Waals surface area contributed by atoms with E-state index in [-0.39, 0.29) is 12.4 Å². The minimum atomic E-state index is 0. The smallest absolute Gasteiger partial charge is 0.231 e. The standard InChI is InChI=1S/C27H33N3O2.ClH/c1-2-6-20(7-3-1)16-21-10-11-23-24(12-15-30-25(23)17-21)29-14-5-13-28-18-22-8-4-9-26-27(22)32-19-31-26;/h4,8-12,15,17,20,28H,1-3,5-7,13-14,16,18-19H2,(H,29,30);1H. The van der Waals surface area contributed by atoms with Crippen LogP contribution in [0.15, 0.2) is 48.7 Å². The van der Waals surface area contributed by atoms with Gasteiger partial charge < -0.3 is 20.1 Å². The normalized spacial score (nSPS) is 15.4. The topological polar surface area (TPSA) is 55.4 Å². The number of rotatable bonds is 9. The Hall–Kier alpha value is -2.50. The summed E-state index contributed by atoms with van der Waals surface area (Å²) >= 11 is 0. The van der Waals surface area contributed by atoms with Crippen LogP contribution >= 0.6 is 12.4 Å². The van der Waals surface area contributed by atoms with Crippen LogP contribution in [0.2, 0.25) is 0 Å². The predicted molar refractivity (Wildman–Crippen MR) is 137 cm³/mol. The van der Waals surface area contributed by atoms with E-state index in [0.717, 1.165) is 54.6 Å². The Bertz CT molecular complexity index is 1050. The van der Waals surface area contributed by atoms with E-state index in [1.54, 1.807) is 0 Å². The van der Waals surface area contributed by atoms with Gasteiger partial charge in [-0.3, -0.25) is 4.98 Å². The van der Waals surface area contributed by atoms with Crippen molar-refractivity contribution in [3.8, 4) is 11.5 Å². The third-order valence-electron chi connectivity index (χ3n) is 6.70. The molecule has 0 bridgehead atoms. The molecular weight excluding hydrogens is 434 g/mol. The van der Waals surface area contributed by atoms with Crippen LogP contribution in [0.5, 0.6) is 11.5 Å². The molecule has 1 aliphatic heterocycles. The van der Waals surface area contributed by atoms with Crippen LogP contribution < -0.4 is 20.1 Å². The Balaban J connectivity index is 0.00000259. The quantitative estimate of drug-likeness (QED) is 0.372. The van der Waals surface area contributed by atoms with E-state index in [4.69, 9.17) is 9.47 Å². The van der Waals surface area contributed by atoms with Gasteiger partial charge in [0.2, 0.25) is 6.79 Å². The average Bonchev–Trinajstić information content (AvgIpc) is 3.32. The highest BCUT2D eigenvalue weighted by atomic mass is 35.5. The lowest BCUT2D eigenvalue weighted by Crippen LogP contribution is -2.18. The minimum Gasteiger partial charge on any atom is -0.454 e. The largest absolute Gasteiger partial charge is 0.454 e. The molecule has 2 N–H and O–H groups in total. The van der Waals surface area contributed by atoms with E-state index in [9.17, 15) is 0 Å². The Kier molecular flexibility index (Phi) is 8.30. The molecule has 0 spiro atoms. The Labute approximate surface area is 202 Å². The first-order chi connectivity index (χ1) is 15.9. The minimum absolute atomic E-state index is 0. The van der Waals surface area contributed by atoms with Crippen LogP contribution in [0.25, 0.3) is 10.9 Å². The number of nitrogens with zero attached hydrogens (tertiary/aromatic N) is 1. The van der Waals surface area contributed by atoms with Gasteiger partial charge in [0.15, 0.2) is 11.5 Å². The van der Waals surface area contributed by atoms with Crippen molar-refractivity contribution in [3.05, 3.63) is 59.8 Å². The molecule has 5 rings (SSSR count). The molecule has 0 amide bonds. The number of anilines is 1. The van der Waals surface area contributed by atoms with Crippen molar-refractivity contribution in [2.75, 3.05) is 25.2 Å². The Morgan fingerprint density at radius 1 is 0.970 bits per heavy atom.